The fourth-order valence-electron chi connectivity index (χ4n) is 2.84. The van der Waals surface area contributed by atoms with Crippen LogP contribution in [0.3, 0.4) is 0 Å². The van der Waals surface area contributed by atoms with Crippen molar-refractivity contribution < 1.29 is 26.8 Å². The third kappa shape index (κ3) is 5.80. The molecule has 2 N–H and O–H groups in total. The van der Waals surface area contributed by atoms with Gasteiger partial charge in [0, 0.05) is 18.2 Å². The molecule has 1 heterocycles. The van der Waals surface area contributed by atoms with Crippen LogP contribution in [0.2, 0.25) is 0 Å². The normalized spacial score (nSPS) is 14.2. The predicted molar refractivity (Wildman–Crippen MR) is 104 cm³/mol. The van der Waals surface area contributed by atoms with Crippen LogP contribution in [0.1, 0.15) is 30.4 Å². The number of oxime groups is 1. The lowest BCUT2D eigenvalue weighted by molar-refractivity contribution is -0.116. The van der Waals surface area contributed by atoms with Crippen molar-refractivity contribution in [3.8, 4) is 5.75 Å². The van der Waals surface area contributed by atoms with E-state index in [4.69, 9.17) is 9.29 Å². The molecule has 3 rings (SSSR count). The molecule has 2 aromatic carbocycles. The highest BCUT2D eigenvalue weighted by molar-refractivity contribution is 7.80. The zero-order chi connectivity index (χ0) is 20.0. The highest BCUT2D eigenvalue weighted by Crippen LogP contribution is 2.27. The fourth-order valence-corrected chi connectivity index (χ4v) is 3.02. The van der Waals surface area contributed by atoms with Gasteiger partial charge in [0.1, 0.15) is 5.75 Å². The standard InChI is InChI=1S/C19H20N2O6S/c22-19-11-9-15-8-10-16(13-18(15)20-19)26-12-4-7-17(21-27-28(23,24)25)14-5-2-1-3-6-14/h1-3,5-6,8,10,13H,4,7,9,11-12H2,(H,20,22)(H,23,24,25). The second-order valence-corrected chi connectivity index (χ2v) is 7.23. The van der Waals surface area contributed by atoms with E-state index in [0.717, 1.165) is 11.3 Å². The lowest BCUT2D eigenvalue weighted by atomic mass is 10.0. The number of carbonyl (C=O) groups excluding carboxylic acids is 1. The first-order valence-electron chi connectivity index (χ1n) is 8.75. The zero-order valence-corrected chi connectivity index (χ0v) is 15.8. The van der Waals surface area contributed by atoms with Crippen LogP contribution in [0, 0.1) is 0 Å². The van der Waals surface area contributed by atoms with Gasteiger partial charge in [-0.05, 0) is 36.5 Å². The van der Waals surface area contributed by atoms with Crippen molar-refractivity contribution in [3.63, 3.8) is 0 Å². The molecule has 0 spiro atoms. The lowest BCUT2D eigenvalue weighted by Gasteiger charge is -2.17. The summed E-state index contributed by atoms with van der Waals surface area (Å²) in [5.74, 6) is 0.625. The molecule has 1 amide bonds. The number of fused-ring (bicyclic) bond motifs is 1. The Morgan fingerprint density at radius 1 is 1.14 bits per heavy atom. The number of nitrogens with zero attached hydrogens (tertiary/aromatic N) is 1. The van der Waals surface area contributed by atoms with Crippen molar-refractivity contribution >= 4 is 27.7 Å². The predicted octanol–water partition coefficient (Wildman–Crippen LogP) is 2.95. The van der Waals surface area contributed by atoms with Crippen LogP contribution in [0.15, 0.2) is 53.7 Å². The monoisotopic (exact) mass is 404 g/mol. The molecule has 9 heteroatoms. The van der Waals surface area contributed by atoms with E-state index in [0.29, 0.717) is 49.3 Å². The maximum atomic E-state index is 11.5. The lowest BCUT2D eigenvalue weighted by Crippen LogP contribution is -2.18. The van der Waals surface area contributed by atoms with E-state index in [2.05, 4.69) is 14.8 Å². The maximum Gasteiger partial charge on any atom is 0.466 e. The molecule has 0 radical (unpaired) electrons. The number of aryl methyl sites for hydroxylation is 1. The van der Waals surface area contributed by atoms with Crippen molar-refractivity contribution in [1.29, 1.82) is 0 Å². The van der Waals surface area contributed by atoms with E-state index < -0.39 is 10.4 Å². The fraction of sp³-hybridized carbons (Fsp3) is 0.263. The van der Waals surface area contributed by atoms with Gasteiger partial charge in [-0.1, -0.05) is 41.6 Å². The van der Waals surface area contributed by atoms with E-state index in [1.807, 2.05) is 18.2 Å². The Kier molecular flexibility index (Phi) is 6.27. The minimum Gasteiger partial charge on any atom is -0.494 e. The van der Waals surface area contributed by atoms with Gasteiger partial charge >= 0.3 is 10.4 Å². The summed E-state index contributed by atoms with van der Waals surface area (Å²) in [4.78, 5) is 11.5. The number of nitrogens with one attached hydrogen (secondary N) is 1. The van der Waals surface area contributed by atoms with Crippen LogP contribution in [-0.2, 0) is 25.9 Å². The summed E-state index contributed by atoms with van der Waals surface area (Å²) in [7, 11) is -4.67. The van der Waals surface area contributed by atoms with E-state index in [1.54, 1.807) is 30.3 Å². The molecule has 0 aliphatic carbocycles. The summed E-state index contributed by atoms with van der Waals surface area (Å²) >= 11 is 0. The van der Waals surface area contributed by atoms with Crippen LogP contribution < -0.4 is 10.1 Å². The molecule has 0 saturated carbocycles. The number of amides is 1. The van der Waals surface area contributed by atoms with Gasteiger partial charge < -0.3 is 10.1 Å². The molecule has 0 fully saturated rings. The average molecular weight is 404 g/mol. The van der Waals surface area contributed by atoms with E-state index in [-0.39, 0.29) is 5.91 Å². The molecule has 0 unspecified atom stereocenters. The summed E-state index contributed by atoms with van der Waals surface area (Å²) in [5, 5.41) is 6.38. The van der Waals surface area contributed by atoms with Gasteiger partial charge in [-0.15, -0.1) is 0 Å². The third-order valence-electron chi connectivity index (χ3n) is 4.15. The minimum atomic E-state index is -4.67. The third-order valence-corrected chi connectivity index (χ3v) is 4.42. The van der Waals surface area contributed by atoms with Crippen molar-refractivity contribution in [2.45, 2.75) is 25.7 Å². The van der Waals surface area contributed by atoms with Crippen LogP contribution in [0.5, 0.6) is 5.75 Å². The summed E-state index contributed by atoms with van der Waals surface area (Å²) < 4.78 is 40.2. The average Bonchev–Trinajstić information content (AvgIpc) is 2.67. The molecule has 0 bridgehead atoms. The molecule has 0 aromatic heterocycles. The minimum absolute atomic E-state index is 0.00722. The molecule has 0 saturated heterocycles. The van der Waals surface area contributed by atoms with Crippen LogP contribution in [-0.4, -0.2) is 31.2 Å². The molecule has 28 heavy (non-hydrogen) atoms. The summed E-state index contributed by atoms with van der Waals surface area (Å²) in [5.41, 5.74) is 2.90. The molecule has 0 atom stereocenters. The van der Waals surface area contributed by atoms with Crippen molar-refractivity contribution in [2.24, 2.45) is 5.16 Å². The Bertz CT molecular complexity index is 973. The Hall–Kier alpha value is -2.91. The topological polar surface area (TPSA) is 114 Å². The van der Waals surface area contributed by atoms with E-state index in [9.17, 15) is 13.2 Å². The number of hydrogen-bond acceptors (Lipinski definition) is 6. The number of anilines is 1. The Morgan fingerprint density at radius 2 is 1.93 bits per heavy atom. The van der Waals surface area contributed by atoms with Crippen LogP contribution in [0.4, 0.5) is 5.69 Å². The van der Waals surface area contributed by atoms with Gasteiger partial charge in [-0.25, -0.2) is 4.28 Å². The van der Waals surface area contributed by atoms with Gasteiger partial charge in [0.15, 0.2) is 0 Å². The Balaban J connectivity index is 1.59. The first-order chi connectivity index (χ1) is 13.4. The Labute approximate surface area is 163 Å². The van der Waals surface area contributed by atoms with E-state index >= 15 is 0 Å². The number of ether oxygens (including phenoxy) is 1. The molecule has 2 aromatic rings. The number of carbonyl (C=O) groups is 1. The van der Waals surface area contributed by atoms with Crippen LogP contribution >= 0.6 is 0 Å². The number of rotatable bonds is 8. The molecule has 1 aliphatic rings. The highest BCUT2D eigenvalue weighted by atomic mass is 32.3. The molecule has 148 valence electrons. The van der Waals surface area contributed by atoms with Gasteiger partial charge in [-0.3, -0.25) is 9.35 Å². The maximum absolute atomic E-state index is 11.5. The largest absolute Gasteiger partial charge is 0.494 e. The molecular weight excluding hydrogens is 384 g/mol. The molecule has 1 aliphatic heterocycles. The van der Waals surface area contributed by atoms with Crippen molar-refractivity contribution in [2.75, 3.05) is 11.9 Å². The molecule has 8 nitrogen and oxygen atoms in total. The number of benzene rings is 2. The van der Waals surface area contributed by atoms with Gasteiger partial charge in [0.2, 0.25) is 5.91 Å². The summed E-state index contributed by atoms with van der Waals surface area (Å²) in [6.45, 7) is 0.352. The van der Waals surface area contributed by atoms with E-state index in [1.165, 1.54) is 0 Å². The Morgan fingerprint density at radius 3 is 2.68 bits per heavy atom. The molecular formula is C19H20N2O6S. The smallest absolute Gasteiger partial charge is 0.466 e. The van der Waals surface area contributed by atoms with Crippen molar-refractivity contribution in [1.82, 2.24) is 0 Å². The summed E-state index contributed by atoms with van der Waals surface area (Å²) in [6.07, 6.45) is 2.11. The second kappa shape index (κ2) is 8.85. The first-order valence-corrected chi connectivity index (χ1v) is 10.1. The van der Waals surface area contributed by atoms with Gasteiger partial charge in [0.25, 0.3) is 0 Å². The first kappa shape index (κ1) is 19.8. The quantitative estimate of drug-likeness (QED) is 0.303. The zero-order valence-electron chi connectivity index (χ0n) is 15.0. The van der Waals surface area contributed by atoms with Crippen molar-refractivity contribution in [3.05, 3.63) is 59.7 Å². The highest BCUT2D eigenvalue weighted by Gasteiger charge is 2.15. The second-order valence-electron chi connectivity index (χ2n) is 6.23. The van der Waals surface area contributed by atoms with Gasteiger partial charge in [0.05, 0.1) is 12.3 Å². The number of hydrogen-bond donors (Lipinski definition) is 2. The van der Waals surface area contributed by atoms with Gasteiger partial charge in [-0.2, -0.15) is 8.42 Å². The SMILES string of the molecule is O=C1CCc2ccc(OCCCC(=NOS(=O)(=O)O)c3ccccc3)cc2N1. The summed E-state index contributed by atoms with van der Waals surface area (Å²) in [6, 6.07) is 14.5. The van der Waals surface area contributed by atoms with Crippen LogP contribution in [0.25, 0.3) is 0 Å².